The molecule has 196 valence electrons. The fraction of sp³-hybridized carbons (Fsp3) is 0.207. The number of methoxy groups -OCH3 is 1. The molecule has 0 radical (unpaired) electrons. The Morgan fingerprint density at radius 2 is 1.34 bits per heavy atom. The lowest BCUT2D eigenvalue weighted by Gasteiger charge is -2.08. The van der Waals surface area contributed by atoms with Gasteiger partial charge in [0, 0.05) is 29.7 Å². The molecule has 38 heavy (non-hydrogen) atoms. The van der Waals surface area contributed by atoms with Crippen LogP contribution in [0.4, 0.5) is 5.69 Å². The molecule has 0 saturated carbocycles. The van der Waals surface area contributed by atoms with Gasteiger partial charge in [-0.05, 0) is 42.8 Å². The van der Waals surface area contributed by atoms with Gasteiger partial charge in [0.15, 0.2) is 24.8 Å². The van der Waals surface area contributed by atoms with Crippen molar-refractivity contribution < 1.29 is 38.2 Å². The van der Waals surface area contributed by atoms with E-state index in [0.717, 1.165) is 0 Å². The zero-order valence-corrected chi connectivity index (χ0v) is 20.8. The first-order valence-electron chi connectivity index (χ1n) is 11.8. The molecule has 0 aliphatic heterocycles. The highest BCUT2D eigenvalue weighted by molar-refractivity contribution is 6.00. The molecular weight excluding hydrogens is 490 g/mol. The second-order valence-corrected chi connectivity index (χ2v) is 8.16. The summed E-state index contributed by atoms with van der Waals surface area (Å²) in [6.45, 7) is -0.771. The van der Waals surface area contributed by atoms with Crippen LogP contribution < -0.4 is 10.1 Å². The van der Waals surface area contributed by atoms with E-state index in [-0.39, 0.29) is 48.9 Å². The first-order valence-corrected chi connectivity index (χ1v) is 11.8. The second kappa shape index (κ2) is 14.1. The third-order valence-electron chi connectivity index (χ3n) is 5.38. The molecule has 0 bridgehead atoms. The zero-order valence-electron chi connectivity index (χ0n) is 20.8. The van der Waals surface area contributed by atoms with Crippen molar-refractivity contribution in [1.29, 1.82) is 0 Å². The minimum absolute atomic E-state index is 0.0225. The van der Waals surface area contributed by atoms with Gasteiger partial charge in [0.25, 0.3) is 0 Å². The normalized spacial score (nSPS) is 10.2. The first-order chi connectivity index (χ1) is 18.4. The van der Waals surface area contributed by atoms with Crippen LogP contribution in [-0.2, 0) is 19.1 Å². The van der Waals surface area contributed by atoms with Gasteiger partial charge >= 0.3 is 11.9 Å². The molecule has 3 aromatic rings. The van der Waals surface area contributed by atoms with Crippen molar-refractivity contribution in [3.05, 3.63) is 95.6 Å². The van der Waals surface area contributed by atoms with Crippen LogP contribution in [-0.4, -0.2) is 49.7 Å². The van der Waals surface area contributed by atoms with Gasteiger partial charge in [-0.2, -0.15) is 0 Å². The van der Waals surface area contributed by atoms with Crippen molar-refractivity contribution in [1.82, 2.24) is 0 Å². The number of nitrogens with one attached hydrogen (secondary N) is 1. The summed E-state index contributed by atoms with van der Waals surface area (Å²) in [6.07, 6.45) is 0.271. The lowest BCUT2D eigenvalue weighted by atomic mass is 10.1. The minimum atomic E-state index is -0.657. The molecule has 0 fully saturated rings. The smallest absolute Gasteiger partial charge is 0.338 e. The van der Waals surface area contributed by atoms with Crippen LogP contribution in [0.3, 0.4) is 0 Å². The van der Waals surface area contributed by atoms with Gasteiger partial charge in [-0.3, -0.25) is 19.2 Å². The Kier molecular flexibility index (Phi) is 10.3. The zero-order chi connectivity index (χ0) is 27.3. The van der Waals surface area contributed by atoms with Crippen LogP contribution in [0.25, 0.3) is 0 Å². The third-order valence-corrected chi connectivity index (χ3v) is 5.38. The number of amides is 1. The van der Waals surface area contributed by atoms with Crippen LogP contribution in [0, 0.1) is 0 Å². The number of benzene rings is 3. The number of ether oxygens (including phenoxy) is 3. The van der Waals surface area contributed by atoms with Crippen molar-refractivity contribution in [3.8, 4) is 5.75 Å². The highest BCUT2D eigenvalue weighted by atomic mass is 16.5. The predicted octanol–water partition coefficient (Wildman–Crippen LogP) is 4.27. The SMILES string of the molecule is COc1cccc(C(=O)COC(=O)CCCC(=O)Nc2ccc(C(=O)OCC(=O)c3ccccc3)cc2)c1. The Hall–Kier alpha value is -4.79. The number of carbonyl (C=O) groups is 5. The average Bonchev–Trinajstić information content (AvgIpc) is 2.95. The predicted molar refractivity (Wildman–Crippen MR) is 138 cm³/mol. The summed E-state index contributed by atoms with van der Waals surface area (Å²) in [5.41, 5.74) is 1.51. The lowest BCUT2D eigenvalue weighted by molar-refractivity contribution is -0.142. The van der Waals surface area contributed by atoms with E-state index >= 15 is 0 Å². The van der Waals surface area contributed by atoms with Crippen molar-refractivity contribution in [2.45, 2.75) is 19.3 Å². The molecule has 0 aliphatic carbocycles. The van der Waals surface area contributed by atoms with Gasteiger partial charge in [-0.25, -0.2) is 4.79 Å². The van der Waals surface area contributed by atoms with Crippen molar-refractivity contribution in [2.24, 2.45) is 0 Å². The Bertz CT molecular complexity index is 1290. The second-order valence-electron chi connectivity index (χ2n) is 8.16. The fourth-order valence-corrected chi connectivity index (χ4v) is 3.33. The number of Topliss-reactive ketones (excluding diaryl/α,β-unsaturated/α-hetero) is 2. The molecule has 9 nitrogen and oxygen atoms in total. The summed E-state index contributed by atoms with van der Waals surface area (Å²) in [5.74, 6) is -1.70. The molecule has 0 heterocycles. The quantitative estimate of drug-likeness (QED) is 0.263. The van der Waals surface area contributed by atoms with Gasteiger partial charge in [-0.1, -0.05) is 42.5 Å². The molecule has 9 heteroatoms. The van der Waals surface area contributed by atoms with E-state index in [1.54, 1.807) is 54.6 Å². The molecule has 3 aromatic carbocycles. The molecule has 0 aliphatic rings. The summed E-state index contributed by atoms with van der Waals surface area (Å²) in [4.78, 5) is 60.5. The van der Waals surface area contributed by atoms with Crippen LogP contribution in [0.2, 0.25) is 0 Å². The molecule has 3 rings (SSSR count). The van der Waals surface area contributed by atoms with E-state index in [4.69, 9.17) is 14.2 Å². The van der Waals surface area contributed by atoms with Crippen LogP contribution in [0.5, 0.6) is 5.75 Å². The molecule has 0 saturated heterocycles. The van der Waals surface area contributed by atoms with E-state index in [0.29, 0.717) is 22.6 Å². The molecule has 0 atom stereocenters. The number of hydrogen-bond acceptors (Lipinski definition) is 8. The van der Waals surface area contributed by atoms with Gasteiger partial charge in [0.2, 0.25) is 5.91 Å². The molecule has 0 unspecified atom stereocenters. The van der Waals surface area contributed by atoms with Crippen molar-refractivity contribution >= 4 is 35.1 Å². The minimum Gasteiger partial charge on any atom is -0.497 e. The average molecular weight is 518 g/mol. The van der Waals surface area contributed by atoms with Crippen LogP contribution in [0.1, 0.15) is 50.3 Å². The molecule has 1 N–H and O–H groups in total. The molecule has 0 aromatic heterocycles. The van der Waals surface area contributed by atoms with Gasteiger partial charge in [0.05, 0.1) is 12.7 Å². The number of esters is 2. The summed E-state index contributed by atoms with van der Waals surface area (Å²) in [7, 11) is 1.49. The topological polar surface area (TPSA) is 125 Å². The molecular formula is C29H27NO8. The number of carbonyl (C=O) groups excluding carboxylic acids is 5. The maximum Gasteiger partial charge on any atom is 0.338 e. The van der Waals surface area contributed by atoms with E-state index < -0.39 is 18.5 Å². The van der Waals surface area contributed by atoms with Gasteiger partial charge in [0.1, 0.15) is 5.75 Å². The largest absolute Gasteiger partial charge is 0.497 e. The fourth-order valence-electron chi connectivity index (χ4n) is 3.33. The Morgan fingerprint density at radius 1 is 0.684 bits per heavy atom. The number of anilines is 1. The van der Waals surface area contributed by atoms with Crippen LogP contribution in [0.15, 0.2) is 78.9 Å². The first kappa shape index (κ1) is 27.8. The lowest BCUT2D eigenvalue weighted by Crippen LogP contribution is -2.16. The van der Waals surface area contributed by atoms with Crippen molar-refractivity contribution in [2.75, 3.05) is 25.6 Å². The molecule has 1 amide bonds. The maximum atomic E-state index is 12.2. The highest BCUT2D eigenvalue weighted by Gasteiger charge is 2.14. The van der Waals surface area contributed by atoms with Crippen molar-refractivity contribution in [3.63, 3.8) is 0 Å². The van der Waals surface area contributed by atoms with Crippen LogP contribution >= 0.6 is 0 Å². The summed E-state index contributed by atoms with van der Waals surface area (Å²) in [5, 5.41) is 2.67. The van der Waals surface area contributed by atoms with E-state index in [2.05, 4.69) is 5.32 Å². The van der Waals surface area contributed by atoms with E-state index in [9.17, 15) is 24.0 Å². The number of rotatable bonds is 13. The van der Waals surface area contributed by atoms with Gasteiger partial charge < -0.3 is 19.5 Å². The Labute approximate surface area is 219 Å². The molecule has 0 spiro atoms. The third kappa shape index (κ3) is 8.70. The monoisotopic (exact) mass is 517 g/mol. The number of ketones is 2. The van der Waals surface area contributed by atoms with E-state index in [1.807, 2.05) is 0 Å². The van der Waals surface area contributed by atoms with Gasteiger partial charge in [-0.15, -0.1) is 0 Å². The summed E-state index contributed by atoms with van der Waals surface area (Å²) < 4.78 is 15.1. The maximum absolute atomic E-state index is 12.2. The standard InChI is InChI=1S/C29H27NO8/c1-36-24-10-5-9-22(17-24)26(32)18-37-28(34)12-6-11-27(33)30-23-15-13-21(14-16-23)29(35)38-19-25(31)20-7-3-2-4-8-20/h2-5,7-10,13-17H,6,11-12,18-19H2,1H3,(H,30,33). The Morgan fingerprint density at radius 3 is 2.05 bits per heavy atom. The highest BCUT2D eigenvalue weighted by Crippen LogP contribution is 2.14. The number of hydrogen-bond donors (Lipinski definition) is 1. The summed E-state index contributed by atoms with van der Waals surface area (Å²) in [6, 6.07) is 21.1. The van der Waals surface area contributed by atoms with E-state index in [1.165, 1.54) is 31.4 Å². The Balaban J connectivity index is 1.34. The summed E-state index contributed by atoms with van der Waals surface area (Å²) >= 11 is 0.